The Morgan fingerprint density at radius 3 is 3.05 bits per heavy atom. The average molecular weight is 272 g/mol. The van der Waals surface area contributed by atoms with Crippen LogP contribution in [0.3, 0.4) is 0 Å². The molecule has 1 aliphatic heterocycles. The molecule has 0 amide bonds. The van der Waals surface area contributed by atoms with Gasteiger partial charge in [-0.3, -0.25) is 4.90 Å². The fraction of sp³-hybridized carbons (Fsp3) is 0.400. The minimum atomic E-state index is 0.345. The maximum Gasteiger partial charge on any atom is 0.145 e. The van der Waals surface area contributed by atoms with Gasteiger partial charge in [0.2, 0.25) is 0 Å². The molecular weight excluding hydrogens is 252 g/mol. The first kappa shape index (κ1) is 13.3. The second-order valence-electron chi connectivity index (χ2n) is 5.21. The molecule has 2 aromatic rings. The first-order valence-corrected chi connectivity index (χ1v) is 6.90. The molecule has 0 aliphatic carbocycles. The topological polar surface area (TPSA) is 63.4 Å². The van der Waals surface area contributed by atoms with E-state index >= 15 is 0 Å². The number of ether oxygens (including phenoxy) is 1. The number of fused-ring (bicyclic) bond motifs is 1. The quantitative estimate of drug-likeness (QED) is 0.655. The van der Waals surface area contributed by atoms with E-state index in [-0.39, 0.29) is 0 Å². The van der Waals surface area contributed by atoms with Crippen LogP contribution in [0.1, 0.15) is 12.0 Å². The zero-order chi connectivity index (χ0) is 13.9. The highest BCUT2D eigenvalue weighted by atomic mass is 16.5. The van der Waals surface area contributed by atoms with Crippen LogP contribution in [0.15, 0.2) is 30.3 Å². The summed E-state index contributed by atoms with van der Waals surface area (Å²) < 4.78 is 5.41. The smallest absolute Gasteiger partial charge is 0.145 e. The van der Waals surface area contributed by atoms with E-state index in [1.54, 1.807) is 7.11 Å². The van der Waals surface area contributed by atoms with Gasteiger partial charge < -0.3 is 10.2 Å². The number of para-hydroxylation sites is 1. The van der Waals surface area contributed by atoms with E-state index in [2.05, 4.69) is 27.4 Å². The number of nitrogens with two attached hydrogens (primary N) is 1. The van der Waals surface area contributed by atoms with Crippen LogP contribution in [0.4, 0.5) is 5.82 Å². The monoisotopic (exact) mass is 272 g/mol. The molecule has 1 unspecified atom stereocenters. The lowest BCUT2D eigenvalue weighted by Gasteiger charge is -2.18. The van der Waals surface area contributed by atoms with E-state index in [4.69, 9.17) is 10.6 Å². The summed E-state index contributed by atoms with van der Waals surface area (Å²) in [5.74, 6) is 6.37. The molecule has 5 nitrogen and oxygen atoms in total. The van der Waals surface area contributed by atoms with Gasteiger partial charge in [-0.25, -0.2) is 10.8 Å². The Morgan fingerprint density at radius 1 is 1.45 bits per heavy atom. The number of pyridine rings is 1. The Morgan fingerprint density at radius 2 is 2.30 bits per heavy atom. The summed E-state index contributed by atoms with van der Waals surface area (Å²) in [4.78, 5) is 6.96. The standard InChI is InChI=1S/C15H20N4O/c1-20-13-6-7-19(10-13)9-12-8-11-4-2-3-5-14(11)17-15(12)18-16/h2-5,8,13H,6-7,9-10,16H2,1H3,(H,17,18). The molecule has 0 spiro atoms. The first-order valence-electron chi connectivity index (χ1n) is 6.90. The van der Waals surface area contributed by atoms with Crippen LogP contribution >= 0.6 is 0 Å². The summed E-state index contributed by atoms with van der Waals surface area (Å²) in [6.45, 7) is 2.86. The van der Waals surface area contributed by atoms with Gasteiger partial charge in [-0.1, -0.05) is 18.2 Å². The highest BCUT2D eigenvalue weighted by Crippen LogP contribution is 2.23. The second-order valence-corrected chi connectivity index (χ2v) is 5.21. The van der Waals surface area contributed by atoms with Crippen LogP contribution in [-0.4, -0.2) is 36.2 Å². The van der Waals surface area contributed by atoms with Crippen molar-refractivity contribution in [3.05, 3.63) is 35.9 Å². The van der Waals surface area contributed by atoms with E-state index in [0.29, 0.717) is 6.10 Å². The maximum absolute atomic E-state index is 5.61. The average Bonchev–Trinajstić information content (AvgIpc) is 2.94. The third-order valence-corrected chi connectivity index (χ3v) is 3.90. The van der Waals surface area contributed by atoms with Gasteiger partial charge in [-0.15, -0.1) is 0 Å². The SMILES string of the molecule is COC1CCN(Cc2cc3ccccc3nc2NN)C1. The summed E-state index contributed by atoms with van der Waals surface area (Å²) >= 11 is 0. The van der Waals surface area contributed by atoms with Crippen LogP contribution in [0.2, 0.25) is 0 Å². The van der Waals surface area contributed by atoms with Crippen molar-refractivity contribution in [2.75, 3.05) is 25.6 Å². The van der Waals surface area contributed by atoms with Crippen molar-refractivity contribution in [1.82, 2.24) is 9.88 Å². The van der Waals surface area contributed by atoms with Gasteiger partial charge in [0.1, 0.15) is 5.82 Å². The number of hydrogen-bond acceptors (Lipinski definition) is 5. The molecule has 2 heterocycles. The van der Waals surface area contributed by atoms with E-state index in [9.17, 15) is 0 Å². The zero-order valence-electron chi connectivity index (χ0n) is 11.7. The number of benzene rings is 1. The van der Waals surface area contributed by atoms with E-state index in [1.807, 2.05) is 18.2 Å². The van der Waals surface area contributed by atoms with Crippen molar-refractivity contribution in [2.24, 2.45) is 5.84 Å². The number of hydrogen-bond donors (Lipinski definition) is 2. The normalized spacial score (nSPS) is 19.6. The lowest BCUT2D eigenvalue weighted by atomic mass is 10.1. The molecule has 1 atom stereocenters. The molecule has 1 aromatic heterocycles. The highest BCUT2D eigenvalue weighted by molar-refractivity contribution is 5.81. The van der Waals surface area contributed by atoms with Crippen molar-refractivity contribution in [1.29, 1.82) is 0 Å². The van der Waals surface area contributed by atoms with Crippen molar-refractivity contribution in [3.8, 4) is 0 Å². The molecule has 0 radical (unpaired) electrons. The van der Waals surface area contributed by atoms with Crippen LogP contribution in [-0.2, 0) is 11.3 Å². The zero-order valence-corrected chi connectivity index (χ0v) is 11.7. The van der Waals surface area contributed by atoms with Crippen LogP contribution in [0, 0.1) is 0 Å². The van der Waals surface area contributed by atoms with Gasteiger partial charge in [0.15, 0.2) is 0 Å². The molecule has 3 rings (SSSR count). The number of nitrogen functional groups attached to an aromatic ring is 1. The molecule has 1 aromatic carbocycles. The Balaban J connectivity index is 1.86. The maximum atomic E-state index is 5.61. The number of likely N-dealkylation sites (tertiary alicyclic amines) is 1. The number of anilines is 1. The lowest BCUT2D eigenvalue weighted by Crippen LogP contribution is -2.23. The summed E-state index contributed by atoms with van der Waals surface area (Å²) in [5.41, 5.74) is 4.80. The molecule has 1 saturated heterocycles. The van der Waals surface area contributed by atoms with Gasteiger partial charge in [0.05, 0.1) is 11.6 Å². The summed E-state index contributed by atoms with van der Waals surface area (Å²) in [6, 6.07) is 10.3. The van der Waals surface area contributed by atoms with Crippen LogP contribution < -0.4 is 11.3 Å². The molecule has 1 aliphatic rings. The summed E-state index contributed by atoms with van der Waals surface area (Å²) in [7, 11) is 1.78. The third-order valence-electron chi connectivity index (χ3n) is 3.90. The number of methoxy groups -OCH3 is 1. The number of aromatic nitrogens is 1. The molecule has 1 fully saturated rings. The number of nitrogens with zero attached hydrogens (tertiary/aromatic N) is 2. The summed E-state index contributed by atoms with van der Waals surface area (Å²) in [5, 5.41) is 1.14. The van der Waals surface area contributed by atoms with Gasteiger partial charge in [0.25, 0.3) is 0 Å². The van der Waals surface area contributed by atoms with Crippen LogP contribution in [0.25, 0.3) is 10.9 Å². The van der Waals surface area contributed by atoms with E-state index < -0.39 is 0 Å². The fourth-order valence-electron chi connectivity index (χ4n) is 2.78. The minimum Gasteiger partial charge on any atom is -0.380 e. The predicted molar refractivity (Wildman–Crippen MR) is 80.2 cm³/mol. The van der Waals surface area contributed by atoms with Gasteiger partial charge in [-0.05, 0) is 18.6 Å². The number of nitrogens with one attached hydrogen (secondary N) is 1. The largest absolute Gasteiger partial charge is 0.380 e. The molecule has 20 heavy (non-hydrogen) atoms. The van der Waals surface area contributed by atoms with E-state index in [0.717, 1.165) is 48.3 Å². The number of rotatable bonds is 4. The summed E-state index contributed by atoms with van der Waals surface area (Å²) in [6.07, 6.45) is 1.43. The Hall–Kier alpha value is -1.69. The molecule has 3 N–H and O–H groups in total. The minimum absolute atomic E-state index is 0.345. The van der Waals surface area contributed by atoms with Crippen LogP contribution in [0.5, 0.6) is 0 Å². The van der Waals surface area contributed by atoms with Crippen molar-refractivity contribution in [3.63, 3.8) is 0 Å². The molecule has 0 saturated carbocycles. The Bertz CT molecular complexity index is 601. The third kappa shape index (κ3) is 2.60. The van der Waals surface area contributed by atoms with Gasteiger partial charge >= 0.3 is 0 Å². The molecule has 5 heteroatoms. The molecule has 0 bridgehead atoms. The van der Waals surface area contributed by atoms with Crippen molar-refractivity contribution >= 4 is 16.7 Å². The van der Waals surface area contributed by atoms with E-state index in [1.165, 1.54) is 0 Å². The van der Waals surface area contributed by atoms with Gasteiger partial charge in [0, 0.05) is 37.7 Å². The first-order chi connectivity index (χ1) is 9.80. The molecular formula is C15H20N4O. The number of hydrazine groups is 1. The second kappa shape index (κ2) is 5.75. The Labute approximate surface area is 118 Å². The predicted octanol–water partition coefficient (Wildman–Crippen LogP) is 1.74. The molecule has 106 valence electrons. The highest BCUT2D eigenvalue weighted by Gasteiger charge is 2.22. The van der Waals surface area contributed by atoms with Gasteiger partial charge in [-0.2, -0.15) is 0 Å². The Kier molecular flexibility index (Phi) is 3.82. The fourth-order valence-corrected chi connectivity index (χ4v) is 2.78. The van der Waals surface area contributed by atoms with Crippen molar-refractivity contribution < 1.29 is 4.74 Å². The van der Waals surface area contributed by atoms with Crippen molar-refractivity contribution in [2.45, 2.75) is 19.1 Å². The lowest BCUT2D eigenvalue weighted by molar-refractivity contribution is 0.107.